The molecule has 4 rings (SSSR count). The monoisotopic (exact) mass is 431 g/mol. The van der Waals surface area contributed by atoms with Crippen molar-refractivity contribution in [2.45, 2.75) is 19.4 Å². The zero-order valence-corrected chi connectivity index (χ0v) is 17.4. The molecule has 3 aromatic rings. The molecule has 29 heavy (non-hydrogen) atoms. The minimum Gasteiger partial charge on any atom is -0.381 e. The fraction of sp³-hybridized carbons (Fsp3) is 0.368. The Kier molecular flexibility index (Phi) is 5.46. The Bertz CT molecular complexity index is 1080. The smallest absolute Gasteiger partial charge is 0.224 e. The van der Waals surface area contributed by atoms with E-state index in [0.717, 1.165) is 19.6 Å². The maximum Gasteiger partial charge on any atom is 0.224 e. The summed E-state index contributed by atoms with van der Waals surface area (Å²) < 4.78 is 7.30. The molecule has 0 unspecified atom stereocenters. The van der Waals surface area contributed by atoms with Crippen molar-refractivity contribution in [1.82, 2.24) is 19.5 Å². The van der Waals surface area contributed by atoms with Gasteiger partial charge in [0.25, 0.3) is 0 Å². The summed E-state index contributed by atoms with van der Waals surface area (Å²) >= 11 is 12.6. The van der Waals surface area contributed by atoms with Crippen molar-refractivity contribution in [2.24, 2.45) is 13.0 Å². The second kappa shape index (κ2) is 8.03. The Labute approximate surface area is 177 Å². The van der Waals surface area contributed by atoms with Crippen molar-refractivity contribution in [3.63, 3.8) is 0 Å². The summed E-state index contributed by atoms with van der Waals surface area (Å²) in [5, 5.41) is 16.2. The Morgan fingerprint density at radius 1 is 1.28 bits per heavy atom. The first kappa shape index (κ1) is 19.7. The largest absolute Gasteiger partial charge is 0.381 e. The molecule has 1 aromatic carbocycles. The summed E-state index contributed by atoms with van der Waals surface area (Å²) in [4.78, 5) is 13.6. The average Bonchev–Trinajstić information content (AvgIpc) is 3.01. The molecule has 1 aliphatic rings. The molecule has 150 valence electrons. The van der Waals surface area contributed by atoms with Crippen LogP contribution in [0.4, 0.5) is 17.6 Å². The lowest BCUT2D eigenvalue weighted by molar-refractivity contribution is 0.0536. The van der Waals surface area contributed by atoms with Crippen molar-refractivity contribution < 1.29 is 4.74 Å². The van der Waals surface area contributed by atoms with Crippen LogP contribution in [0.25, 0.3) is 11.2 Å². The molecule has 0 radical (unpaired) electrons. The molecule has 0 saturated carbocycles. The molecule has 2 N–H and O–H groups in total. The highest BCUT2D eigenvalue weighted by Gasteiger charge is 2.23. The van der Waals surface area contributed by atoms with Crippen LogP contribution in [-0.4, -0.2) is 38.8 Å². The zero-order chi connectivity index (χ0) is 20.5. The van der Waals surface area contributed by atoms with Crippen LogP contribution in [0.15, 0.2) is 18.3 Å². The molecular formula is C19H19Cl2N7O. The predicted molar refractivity (Wildman–Crippen MR) is 113 cm³/mol. The predicted octanol–water partition coefficient (Wildman–Crippen LogP) is 4.12. The van der Waals surface area contributed by atoms with E-state index >= 15 is 0 Å². The van der Waals surface area contributed by atoms with E-state index in [4.69, 9.17) is 33.2 Å². The normalized spacial score (nSPS) is 19.1. The maximum atomic E-state index is 9.03. The van der Waals surface area contributed by atoms with Gasteiger partial charge in [0, 0.05) is 19.7 Å². The number of anilines is 3. The summed E-state index contributed by atoms with van der Waals surface area (Å²) in [7, 11) is 1.84. The van der Waals surface area contributed by atoms with Crippen LogP contribution < -0.4 is 10.6 Å². The minimum atomic E-state index is 0.267. The van der Waals surface area contributed by atoms with Crippen LogP contribution in [-0.2, 0) is 11.8 Å². The summed E-state index contributed by atoms with van der Waals surface area (Å²) in [5.41, 5.74) is 2.18. The Morgan fingerprint density at radius 2 is 2.03 bits per heavy atom. The number of nitrogens with one attached hydrogen (secondary N) is 2. The van der Waals surface area contributed by atoms with Crippen LogP contribution in [0.1, 0.15) is 18.9 Å². The van der Waals surface area contributed by atoms with Crippen molar-refractivity contribution >= 4 is 51.9 Å². The molecule has 3 heterocycles. The van der Waals surface area contributed by atoms with Gasteiger partial charge in [-0.05, 0) is 24.5 Å². The number of hydrogen-bond acceptors (Lipinski definition) is 7. The van der Waals surface area contributed by atoms with E-state index in [9.17, 15) is 0 Å². The highest BCUT2D eigenvalue weighted by molar-refractivity contribution is 6.39. The molecule has 0 spiro atoms. The fourth-order valence-corrected chi connectivity index (χ4v) is 3.87. The van der Waals surface area contributed by atoms with E-state index in [1.807, 2.05) is 13.1 Å². The molecule has 0 amide bonds. The van der Waals surface area contributed by atoms with Crippen LogP contribution in [0.2, 0.25) is 10.0 Å². The first-order chi connectivity index (χ1) is 14.0. The number of aromatic nitrogens is 4. The van der Waals surface area contributed by atoms with Crippen LogP contribution in [0, 0.1) is 17.2 Å². The van der Waals surface area contributed by atoms with Crippen LogP contribution in [0.3, 0.4) is 0 Å². The van der Waals surface area contributed by atoms with Crippen molar-refractivity contribution in [2.75, 3.05) is 23.8 Å². The van der Waals surface area contributed by atoms with Gasteiger partial charge in [0.1, 0.15) is 5.52 Å². The first-order valence-electron chi connectivity index (χ1n) is 9.16. The van der Waals surface area contributed by atoms with Crippen molar-refractivity contribution in [3.8, 4) is 6.07 Å². The number of hydrogen-bond donors (Lipinski definition) is 2. The van der Waals surface area contributed by atoms with E-state index in [0.29, 0.717) is 50.3 Å². The Hall–Kier alpha value is -2.60. The molecule has 1 fully saturated rings. The minimum absolute atomic E-state index is 0.267. The van der Waals surface area contributed by atoms with E-state index in [1.54, 1.807) is 22.9 Å². The molecule has 8 nitrogen and oxygen atoms in total. The molecular weight excluding hydrogens is 413 g/mol. The standard InChI is InChI=1S/C19H19Cl2N7O/c1-10-9-29-4-3-14(10)24-18-23-8-15-17(27-18)28(2)19(25-15)26-16-12(20)5-11(7-22)6-13(16)21/h5-6,8,10,14H,3-4,9H2,1-2H3,(H,25,26)(H,23,24,27)/t10-,14+/m0/s1. The third kappa shape index (κ3) is 3.94. The molecule has 2 aromatic heterocycles. The second-order valence-corrected chi connectivity index (χ2v) is 7.85. The number of fused-ring (bicyclic) bond motifs is 1. The summed E-state index contributed by atoms with van der Waals surface area (Å²) in [6, 6.07) is 5.39. The Morgan fingerprint density at radius 3 is 2.72 bits per heavy atom. The van der Waals surface area contributed by atoms with Gasteiger partial charge >= 0.3 is 0 Å². The lowest BCUT2D eigenvalue weighted by Crippen LogP contribution is -2.36. The first-order valence-corrected chi connectivity index (χ1v) is 9.91. The van der Waals surface area contributed by atoms with Gasteiger partial charge in [0.15, 0.2) is 5.65 Å². The van der Waals surface area contributed by atoms with Gasteiger partial charge in [-0.1, -0.05) is 30.1 Å². The molecule has 10 heteroatoms. The number of aryl methyl sites for hydroxylation is 1. The lowest BCUT2D eigenvalue weighted by Gasteiger charge is -2.29. The molecule has 2 atom stereocenters. The number of imidazole rings is 1. The Balaban J connectivity index is 1.62. The quantitative estimate of drug-likeness (QED) is 0.640. The highest BCUT2D eigenvalue weighted by atomic mass is 35.5. The number of nitriles is 1. The number of nitrogens with zero attached hydrogens (tertiary/aromatic N) is 5. The number of ether oxygens (including phenoxy) is 1. The number of benzene rings is 1. The topological polar surface area (TPSA) is 101 Å². The van der Waals surface area contributed by atoms with Gasteiger partial charge in [-0.25, -0.2) is 9.97 Å². The van der Waals surface area contributed by atoms with Gasteiger partial charge in [0.2, 0.25) is 11.9 Å². The third-order valence-corrected chi connectivity index (χ3v) is 5.57. The zero-order valence-electron chi connectivity index (χ0n) is 15.9. The average molecular weight is 432 g/mol. The van der Waals surface area contributed by atoms with Gasteiger partial charge in [-0.15, -0.1) is 0 Å². The third-order valence-electron chi connectivity index (χ3n) is 4.98. The SMILES string of the molecule is C[C@H]1COCC[C@H]1Nc1ncc2nc(Nc3c(Cl)cc(C#N)cc3Cl)n(C)c2n1. The van der Waals surface area contributed by atoms with E-state index in [2.05, 4.69) is 32.5 Å². The lowest BCUT2D eigenvalue weighted by atomic mass is 9.98. The fourth-order valence-electron chi connectivity index (χ4n) is 3.29. The van der Waals surface area contributed by atoms with Gasteiger partial charge in [-0.2, -0.15) is 10.2 Å². The van der Waals surface area contributed by atoms with Gasteiger partial charge in [0.05, 0.1) is 40.2 Å². The van der Waals surface area contributed by atoms with Crippen molar-refractivity contribution in [1.29, 1.82) is 5.26 Å². The highest BCUT2D eigenvalue weighted by Crippen LogP contribution is 2.34. The van der Waals surface area contributed by atoms with E-state index in [-0.39, 0.29) is 6.04 Å². The molecule has 1 aliphatic heterocycles. The molecule has 0 aliphatic carbocycles. The summed E-state index contributed by atoms with van der Waals surface area (Å²) in [6.07, 6.45) is 2.60. The van der Waals surface area contributed by atoms with E-state index < -0.39 is 0 Å². The van der Waals surface area contributed by atoms with Crippen LogP contribution in [0.5, 0.6) is 0 Å². The van der Waals surface area contributed by atoms with Crippen LogP contribution >= 0.6 is 23.2 Å². The van der Waals surface area contributed by atoms with Crippen molar-refractivity contribution in [3.05, 3.63) is 33.9 Å². The van der Waals surface area contributed by atoms with Gasteiger partial charge in [-0.3, -0.25) is 4.57 Å². The van der Waals surface area contributed by atoms with Gasteiger partial charge < -0.3 is 15.4 Å². The molecule has 1 saturated heterocycles. The maximum absolute atomic E-state index is 9.03. The van der Waals surface area contributed by atoms with E-state index in [1.165, 1.54) is 0 Å². The summed E-state index contributed by atoms with van der Waals surface area (Å²) in [5.74, 6) is 1.45. The second-order valence-electron chi connectivity index (χ2n) is 7.04. The number of rotatable bonds is 4. The number of halogens is 2. The summed E-state index contributed by atoms with van der Waals surface area (Å²) in [6.45, 7) is 3.61. The molecule has 0 bridgehead atoms.